The molecule has 1 unspecified atom stereocenters. The maximum atomic E-state index is 10.2. The van der Waals surface area contributed by atoms with E-state index in [0.29, 0.717) is 0 Å². The molecule has 0 aromatic rings. The molecule has 2 nitrogen and oxygen atoms in total. The van der Waals surface area contributed by atoms with Crippen LogP contribution < -0.4 is 0 Å². The molecule has 0 saturated heterocycles. The Morgan fingerprint density at radius 2 is 1.77 bits per heavy atom. The Morgan fingerprint density at radius 3 is 2.38 bits per heavy atom. The van der Waals surface area contributed by atoms with Crippen LogP contribution in [0.5, 0.6) is 0 Å². The first-order valence-electron chi connectivity index (χ1n) is 5.03. The van der Waals surface area contributed by atoms with E-state index in [4.69, 9.17) is 4.55 Å². The zero-order valence-electron chi connectivity index (χ0n) is 8.37. The first-order valence-corrected chi connectivity index (χ1v) is 6.20. The normalized spacial score (nSPS) is 13.7. The number of hydrogen-bond acceptors (Lipinski definition) is 1. The van der Waals surface area contributed by atoms with Crippen molar-refractivity contribution in [1.29, 1.82) is 0 Å². The molecule has 0 aromatic carbocycles. The van der Waals surface area contributed by atoms with E-state index in [1.807, 2.05) is 0 Å². The Bertz CT molecular complexity index is 155. The lowest BCUT2D eigenvalue weighted by atomic mass is 10.1. The van der Waals surface area contributed by atoms with E-state index in [2.05, 4.69) is 6.92 Å². The van der Waals surface area contributed by atoms with Crippen LogP contribution in [-0.2, 0) is 11.1 Å². The number of unbranched alkanes of at least 4 members (excludes halogenated alkanes) is 6. The number of hydrogen-bond donors (Lipinski definition) is 1. The molecule has 3 heteroatoms. The lowest BCUT2D eigenvalue weighted by molar-refractivity contribution is 0.573. The average Bonchev–Trinajstić information content (AvgIpc) is 2.09. The van der Waals surface area contributed by atoms with Gasteiger partial charge in [0.2, 0.25) is 0 Å². The third-order valence-corrected chi connectivity index (χ3v) is 2.36. The van der Waals surface area contributed by atoms with Crippen LogP contribution in [0.25, 0.3) is 0 Å². The van der Waals surface area contributed by atoms with Gasteiger partial charge in [0.15, 0.2) is 11.1 Å². The molecule has 1 atom stereocenters. The Kier molecular flexibility index (Phi) is 9.82. The minimum absolute atomic E-state index is 0.929. The number of rotatable bonds is 8. The van der Waals surface area contributed by atoms with Crippen molar-refractivity contribution in [2.45, 2.75) is 51.9 Å². The lowest BCUT2D eigenvalue weighted by Crippen LogP contribution is -1.79. The van der Waals surface area contributed by atoms with Crippen molar-refractivity contribution in [1.82, 2.24) is 0 Å². The molecule has 0 aliphatic rings. The first kappa shape index (κ1) is 12.8. The molecular weight excluding hydrogens is 184 g/mol. The van der Waals surface area contributed by atoms with Gasteiger partial charge in [-0.25, -0.2) is 4.21 Å². The molecule has 0 aliphatic heterocycles. The van der Waals surface area contributed by atoms with Crippen LogP contribution in [0.4, 0.5) is 0 Å². The highest BCUT2D eigenvalue weighted by Crippen LogP contribution is 2.07. The van der Waals surface area contributed by atoms with Crippen LogP contribution >= 0.6 is 0 Å². The fourth-order valence-electron chi connectivity index (χ4n) is 1.19. The minimum Gasteiger partial charge on any atom is -0.303 e. The second kappa shape index (κ2) is 9.93. The van der Waals surface area contributed by atoms with Gasteiger partial charge in [-0.1, -0.05) is 45.1 Å². The SMILES string of the molecule is CCCCCCCCC=CS(=O)O. The van der Waals surface area contributed by atoms with Gasteiger partial charge in [-0.15, -0.1) is 0 Å². The summed E-state index contributed by atoms with van der Waals surface area (Å²) < 4.78 is 18.6. The van der Waals surface area contributed by atoms with Gasteiger partial charge >= 0.3 is 0 Å². The van der Waals surface area contributed by atoms with Crippen LogP contribution in [0.3, 0.4) is 0 Å². The van der Waals surface area contributed by atoms with Gasteiger partial charge in [0.25, 0.3) is 0 Å². The summed E-state index contributed by atoms with van der Waals surface area (Å²) >= 11 is -1.76. The quantitative estimate of drug-likeness (QED) is 0.485. The molecule has 0 radical (unpaired) electrons. The highest BCUT2D eigenvalue weighted by molar-refractivity contribution is 7.82. The highest BCUT2D eigenvalue weighted by atomic mass is 32.2. The molecule has 0 spiro atoms. The second-order valence-electron chi connectivity index (χ2n) is 3.20. The second-order valence-corrected chi connectivity index (χ2v) is 4.03. The summed E-state index contributed by atoms with van der Waals surface area (Å²) in [6.45, 7) is 2.21. The van der Waals surface area contributed by atoms with Crippen molar-refractivity contribution in [3.8, 4) is 0 Å². The van der Waals surface area contributed by atoms with Crippen molar-refractivity contribution in [3.05, 3.63) is 11.5 Å². The highest BCUT2D eigenvalue weighted by Gasteiger charge is 1.88. The topological polar surface area (TPSA) is 37.3 Å². The van der Waals surface area contributed by atoms with Gasteiger partial charge < -0.3 is 4.55 Å². The smallest absolute Gasteiger partial charge is 0.178 e. The van der Waals surface area contributed by atoms with Crippen molar-refractivity contribution in [2.75, 3.05) is 0 Å². The molecule has 0 amide bonds. The average molecular weight is 204 g/mol. The van der Waals surface area contributed by atoms with Crippen molar-refractivity contribution >= 4 is 11.1 Å². The van der Waals surface area contributed by atoms with Crippen molar-refractivity contribution < 1.29 is 8.76 Å². The molecule has 1 N–H and O–H groups in total. The molecule has 0 bridgehead atoms. The maximum Gasteiger partial charge on any atom is 0.178 e. The van der Waals surface area contributed by atoms with Crippen LogP contribution in [-0.4, -0.2) is 8.76 Å². The molecule has 78 valence electrons. The molecule has 13 heavy (non-hydrogen) atoms. The van der Waals surface area contributed by atoms with E-state index in [1.165, 1.54) is 37.5 Å². The fraction of sp³-hybridized carbons (Fsp3) is 0.800. The third kappa shape index (κ3) is 11.9. The summed E-state index contributed by atoms with van der Waals surface area (Å²) in [6, 6.07) is 0. The van der Waals surface area contributed by atoms with Crippen molar-refractivity contribution in [3.63, 3.8) is 0 Å². The fourth-order valence-corrected chi connectivity index (χ4v) is 1.49. The zero-order valence-corrected chi connectivity index (χ0v) is 9.18. The monoisotopic (exact) mass is 204 g/mol. The Balaban J connectivity index is 3.03. The van der Waals surface area contributed by atoms with Gasteiger partial charge in [-0.05, 0) is 12.8 Å². The predicted molar refractivity (Wildman–Crippen MR) is 57.9 cm³/mol. The Hall–Kier alpha value is -0.150. The predicted octanol–water partition coefficient (Wildman–Crippen LogP) is 3.47. The molecule has 0 rings (SSSR count). The van der Waals surface area contributed by atoms with E-state index in [0.717, 1.165) is 12.8 Å². The Labute approximate surface area is 83.7 Å². The third-order valence-electron chi connectivity index (χ3n) is 1.94. The zero-order chi connectivity index (χ0) is 9.94. The van der Waals surface area contributed by atoms with Crippen LogP contribution in [0.15, 0.2) is 11.5 Å². The summed E-state index contributed by atoms with van der Waals surface area (Å²) in [5.41, 5.74) is 0. The standard InChI is InChI=1S/C10H20O2S/c1-2-3-4-5-6-7-8-9-10-13(11)12/h9-10H,2-8H2,1H3,(H,11,12). The van der Waals surface area contributed by atoms with Gasteiger partial charge in [0, 0.05) is 5.41 Å². The summed E-state index contributed by atoms with van der Waals surface area (Å²) in [5, 5.41) is 1.34. The summed E-state index contributed by atoms with van der Waals surface area (Å²) in [5.74, 6) is 0. The van der Waals surface area contributed by atoms with Gasteiger partial charge in [0.1, 0.15) is 0 Å². The number of allylic oxidation sites excluding steroid dienone is 1. The maximum absolute atomic E-state index is 10.2. The van der Waals surface area contributed by atoms with Crippen LogP contribution in [0, 0.1) is 0 Å². The van der Waals surface area contributed by atoms with Crippen LogP contribution in [0.1, 0.15) is 51.9 Å². The summed E-state index contributed by atoms with van der Waals surface area (Å²) in [6.07, 6.45) is 10.3. The molecule has 0 fully saturated rings. The van der Waals surface area contributed by atoms with Crippen molar-refractivity contribution in [2.24, 2.45) is 0 Å². The largest absolute Gasteiger partial charge is 0.303 e. The summed E-state index contributed by atoms with van der Waals surface area (Å²) in [4.78, 5) is 0. The summed E-state index contributed by atoms with van der Waals surface area (Å²) in [7, 11) is 0. The van der Waals surface area contributed by atoms with Gasteiger partial charge in [-0.2, -0.15) is 0 Å². The Morgan fingerprint density at radius 1 is 1.15 bits per heavy atom. The molecular formula is C10H20O2S. The molecule has 0 saturated carbocycles. The molecule has 0 heterocycles. The first-order chi connectivity index (χ1) is 6.27. The van der Waals surface area contributed by atoms with E-state index in [9.17, 15) is 4.21 Å². The minimum atomic E-state index is -1.76. The van der Waals surface area contributed by atoms with Crippen LogP contribution in [0.2, 0.25) is 0 Å². The van der Waals surface area contributed by atoms with Gasteiger partial charge in [-0.3, -0.25) is 0 Å². The van der Waals surface area contributed by atoms with E-state index in [1.54, 1.807) is 6.08 Å². The van der Waals surface area contributed by atoms with E-state index in [-0.39, 0.29) is 0 Å². The van der Waals surface area contributed by atoms with E-state index < -0.39 is 11.1 Å². The molecule has 0 aromatic heterocycles. The van der Waals surface area contributed by atoms with E-state index >= 15 is 0 Å². The van der Waals surface area contributed by atoms with Gasteiger partial charge in [0.05, 0.1) is 0 Å². The molecule has 0 aliphatic carbocycles. The lowest BCUT2D eigenvalue weighted by Gasteiger charge is -1.97.